The lowest BCUT2D eigenvalue weighted by atomic mass is 10.0. The van der Waals surface area contributed by atoms with Crippen molar-refractivity contribution in [3.8, 4) is 22.5 Å². The van der Waals surface area contributed by atoms with E-state index in [1.807, 2.05) is 24.3 Å². The largest absolute Gasteiger partial charge is 0.380 e. The van der Waals surface area contributed by atoms with E-state index in [-0.39, 0.29) is 5.82 Å². The van der Waals surface area contributed by atoms with Gasteiger partial charge < -0.3 is 10.3 Å². The summed E-state index contributed by atoms with van der Waals surface area (Å²) >= 11 is 3.35. The number of hydrogen-bond donors (Lipinski definition) is 1. The topological polar surface area (TPSA) is 52.0 Å². The molecule has 0 aliphatic carbocycles. The molecule has 0 saturated heterocycles. The second-order valence-corrected chi connectivity index (χ2v) is 5.32. The molecule has 0 aliphatic heterocycles. The highest BCUT2D eigenvalue weighted by molar-refractivity contribution is 9.10. The van der Waals surface area contributed by atoms with Gasteiger partial charge in [0.2, 0.25) is 0 Å². The number of aromatic nitrogens is 1. The van der Waals surface area contributed by atoms with Crippen LogP contribution in [0.3, 0.4) is 0 Å². The molecule has 21 heavy (non-hydrogen) atoms. The zero-order valence-corrected chi connectivity index (χ0v) is 12.2. The van der Waals surface area contributed by atoms with Gasteiger partial charge in [0.15, 0.2) is 23.2 Å². The van der Waals surface area contributed by atoms with Gasteiger partial charge in [0.05, 0.1) is 5.56 Å². The van der Waals surface area contributed by atoms with Crippen LogP contribution in [-0.4, -0.2) is 5.16 Å². The van der Waals surface area contributed by atoms with Crippen molar-refractivity contribution in [2.24, 2.45) is 0 Å². The number of anilines is 1. The van der Waals surface area contributed by atoms with Crippen LogP contribution in [0.2, 0.25) is 0 Å². The molecule has 3 rings (SSSR count). The van der Waals surface area contributed by atoms with Gasteiger partial charge in [-0.1, -0.05) is 33.2 Å². The average molecular weight is 351 g/mol. The van der Waals surface area contributed by atoms with Gasteiger partial charge in [0.25, 0.3) is 0 Å². The quantitative estimate of drug-likeness (QED) is 0.732. The molecule has 0 atom stereocenters. The van der Waals surface area contributed by atoms with Gasteiger partial charge in [-0.15, -0.1) is 0 Å². The fourth-order valence-electron chi connectivity index (χ4n) is 2.03. The minimum Gasteiger partial charge on any atom is -0.380 e. The predicted octanol–water partition coefficient (Wildman–Crippen LogP) is 4.63. The van der Waals surface area contributed by atoms with E-state index in [1.165, 1.54) is 6.07 Å². The first-order valence-corrected chi connectivity index (χ1v) is 6.82. The van der Waals surface area contributed by atoms with E-state index in [4.69, 9.17) is 10.3 Å². The molecule has 0 radical (unpaired) electrons. The molecule has 3 nitrogen and oxygen atoms in total. The highest BCUT2D eigenvalue weighted by Crippen LogP contribution is 2.37. The third kappa shape index (κ3) is 2.54. The van der Waals surface area contributed by atoms with Gasteiger partial charge in [0.1, 0.15) is 0 Å². The van der Waals surface area contributed by atoms with Crippen molar-refractivity contribution in [1.29, 1.82) is 0 Å². The zero-order chi connectivity index (χ0) is 15.0. The number of benzene rings is 2. The van der Waals surface area contributed by atoms with Crippen LogP contribution in [0.25, 0.3) is 22.5 Å². The Kier molecular flexibility index (Phi) is 3.47. The fraction of sp³-hybridized carbons (Fsp3) is 0. The second kappa shape index (κ2) is 5.29. The predicted molar refractivity (Wildman–Crippen MR) is 79.4 cm³/mol. The van der Waals surface area contributed by atoms with Crippen molar-refractivity contribution >= 4 is 21.7 Å². The minimum absolute atomic E-state index is 0.192. The summed E-state index contributed by atoms with van der Waals surface area (Å²) in [6, 6.07) is 10.9. The zero-order valence-electron chi connectivity index (χ0n) is 10.6. The summed E-state index contributed by atoms with van der Waals surface area (Å²) in [6.07, 6.45) is 0. The summed E-state index contributed by atoms with van der Waals surface area (Å²) in [7, 11) is 0. The third-order valence-electron chi connectivity index (χ3n) is 3.03. The monoisotopic (exact) mass is 350 g/mol. The molecule has 0 unspecified atom stereocenters. The maximum atomic E-state index is 13.4. The molecule has 0 aliphatic rings. The molecule has 3 aromatic rings. The van der Waals surface area contributed by atoms with Crippen LogP contribution in [0, 0.1) is 11.6 Å². The van der Waals surface area contributed by atoms with Crippen molar-refractivity contribution in [1.82, 2.24) is 5.16 Å². The Bertz CT molecular complexity index is 800. The van der Waals surface area contributed by atoms with E-state index in [2.05, 4.69) is 21.1 Å². The van der Waals surface area contributed by atoms with E-state index < -0.39 is 11.6 Å². The van der Waals surface area contributed by atoms with Crippen molar-refractivity contribution in [3.63, 3.8) is 0 Å². The maximum Gasteiger partial charge on any atom is 0.177 e. The molecule has 1 heterocycles. The normalized spacial score (nSPS) is 10.8. The average Bonchev–Trinajstić information content (AvgIpc) is 2.85. The molecule has 106 valence electrons. The fourth-order valence-corrected chi connectivity index (χ4v) is 2.30. The van der Waals surface area contributed by atoms with Gasteiger partial charge in [-0.25, -0.2) is 8.78 Å². The Hall–Kier alpha value is -2.21. The molecular formula is C15H9BrF2N2O. The number of hydrogen-bond acceptors (Lipinski definition) is 3. The summed E-state index contributed by atoms with van der Waals surface area (Å²) in [4.78, 5) is 0. The first-order chi connectivity index (χ1) is 10.1. The SMILES string of the molecule is Nc1noc(-c2ccc(F)c(F)c2)c1-c1ccc(Br)cc1. The molecule has 0 saturated carbocycles. The number of nitrogens with zero attached hydrogens (tertiary/aromatic N) is 1. The highest BCUT2D eigenvalue weighted by Gasteiger charge is 2.18. The van der Waals surface area contributed by atoms with Gasteiger partial charge >= 0.3 is 0 Å². The molecule has 2 aromatic carbocycles. The van der Waals surface area contributed by atoms with E-state index in [1.54, 1.807) is 0 Å². The lowest BCUT2D eigenvalue weighted by Crippen LogP contribution is -1.90. The van der Waals surface area contributed by atoms with E-state index >= 15 is 0 Å². The van der Waals surface area contributed by atoms with Crippen LogP contribution in [0.4, 0.5) is 14.6 Å². The van der Waals surface area contributed by atoms with Crippen molar-refractivity contribution in [3.05, 3.63) is 58.6 Å². The molecule has 0 spiro atoms. The van der Waals surface area contributed by atoms with Crippen LogP contribution in [0.1, 0.15) is 0 Å². The first kappa shape index (κ1) is 13.8. The van der Waals surface area contributed by atoms with Crippen LogP contribution in [0.5, 0.6) is 0 Å². The molecule has 1 aromatic heterocycles. The standard InChI is InChI=1S/C15H9BrF2N2O/c16-10-4-1-8(2-5-10)13-14(21-20-15(13)19)9-3-6-11(17)12(18)7-9/h1-7H,(H2,19,20). The molecule has 0 bridgehead atoms. The molecule has 6 heteroatoms. The Morgan fingerprint density at radius 3 is 2.29 bits per heavy atom. The summed E-state index contributed by atoms with van der Waals surface area (Å²) in [5.41, 5.74) is 7.53. The Balaban J connectivity index is 2.16. The van der Waals surface area contributed by atoms with Crippen molar-refractivity contribution < 1.29 is 13.3 Å². The molecule has 0 fully saturated rings. The van der Waals surface area contributed by atoms with E-state index in [0.29, 0.717) is 16.9 Å². The van der Waals surface area contributed by atoms with Gasteiger partial charge in [-0.05, 0) is 35.9 Å². The smallest absolute Gasteiger partial charge is 0.177 e. The summed E-state index contributed by atoms with van der Waals surface area (Å²) in [5, 5.41) is 3.72. The molecule has 2 N–H and O–H groups in total. The van der Waals surface area contributed by atoms with Gasteiger partial charge in [-0.2, -0.15) is 0 Å². The summed E-state index contributed by atoms with van der Waals surface area (Å²) < 4.78 is 32.5. The van der Waals surface area contributed by atoms with Crippen LogP contribution in [-0.2, 0) is 0 Å². The van der Waals surface area contributed by atoms with Crippen LogP contribution < -0.4 is 5.73 Å². The van der Waals surface area contributed by atoms with Gasteiger partial charge in [0, 0.05) is 10.0 Å². The second-order valence-electron chi connectivity index (χ2n) is 4.41. The van der Waals surface area contributed by atoms with Gasteiger partial charge in [-0.3, -0.25) is 0 Å². The number of nitrogens with two attached hydrogens (primary N) is 1. The maximum absolute atomic E-state index is 13.4. The Morgan fingerprint density at radius 1 is 0.952 bits per heavy atom. The Morgan fingerprint density at radius 2 is 1.62 bits per heavy atom. The van der Waals surface area contributed by atoms with E-state index in [9.17, 15) is 8.78 Å². The van der Waals surface area contributed by atoms with Crippen LogP contribution >= 0.6 is 15.9 Å². The van der Waals surface area contributed by atoms with E-state index in [0.717, 1.165) is 22.2 Å². The van der Waals surface area contributed by atoms with Crippen molar-refractivity contribution in [2.75, 3.05) is 5.73 Å². The minimum atomic E-state index is -0.954. The lowest BCUT2D eigenvalue weighted by molar-refractivity contribution is 0.435. The molecule has 0 amide bonds. The number of nitrogen functional groups attached to an aromatic ring is 1. The third-order valence-corrected chi connectivity index (χ3v) is 3.56. The first-order valence-electron chi connectivity index (χ1n) is 6.03. The summed E-state index contributed by atoms with van der Waals surface area (Å²) in [5.74, 6) is -1.38. The van der Waals surface area contributed by atoms with Crippen LogP contribution in [0.15, 0.2) is 51.5 Å². The lowest BCUT2D eigenvalue weighted by Gasteiger charge is -2.04. The summed E-state index contributed by atoms with van der Waals surface area (Å²) in [6.45, 7) is 0. The van der Waals surface area contributed by atoms with Crippen molar-refractivity contribution in [2.45, 2.75) is 0 Å². The highest BCUT2D eigenvalue weighted by atomic mass is 79.9. The number of halogens is 3. The number of rotatable bonds is 2. The molecular weight excluding hydrogens is 342 g/mol. The Labute approximate surface area is 127 Å².